The minimum Gasteiger partial charge on any atom is -0.355 e. The maximum atomic E-state index is 13.1. The van der Waals surface area contributed by atoms with E-state index in [-0.39, 0.29) is 17.9 Å². The number of benzene rings is 1. The molecule has 0 radical (unpaired) electrons. The second-order valence-electron chi connectivity index (χ2n) is 7.97. The molecule has 0 atom stereocenters. The van der Waals surface area contributed by atoms with E-state index in [9.17, 15) is 9.18 Å². The highest BCUT2D eigenvalue weighted by molar-refractivity contribution is 6.06. The Morgan fingerprint density at radius 1 is 1.25 bits per heavy atom. The minimum atomic E-state index is -0.335. The van der Waals surface area contributed by atoms with Gasteiger partial charge in [0, 0.05) is 51.5 Å². The monoisotopic (exact) mass is 439 g/mol. The van der Waals surface area contributed by atoms with E-state index in [0.717, 1.165) is 54.3 Å². The molecular formula is C23H30FN7O. The lowest BCUT2D eigenvalue weighted by Crippen LogP contribution is -2.47. The summed E-state index contributed by atoms with van der Waals surface area (Å²) in [5.74, 6) is 0.520. The molecule has 170 valence electrons. The molecule has 0 bridgehead atoms. The quantitative estimate of drug-likeness (QED) is 0.669. The first kappa shape index (κ1) is 23.3. The number of urea groups is 1. The van der Waals surface area contributed by atoms with Gasteiger partial charge < -0.3 is 20.5 Å². The molecule has 1 aromatic carbocycles. The Bertz CT molecular complexity index is 998. The summed E-state index contributed by atoms with van der Waals surface area (Å²) in [4.78, 5) is 20.8. The number of aliphatic imine (C=N–C) groups is 1. The van der Waals surface area contributed by atoms with E-state index >= 15 is 0 Å². The molecule has 9 heteroatoms. The second kappa shape index (κ2) is 10.3. The van der Waals surface area contributed by atoms with Crippen LogP contribution in [-0.4, -0.2) is 66.3 Å². The second-order valence-corrected chi connectivity index (χ2v) is 7.97. The molecule has 3 rings (SSSR count). The third kappa shape index (κ3) is 5.09. The molecule has 1 aliphatic heterocycles. The molecule has 2 aromatic rings. The molecule has 8 nitrogen and oxygen atoms in total. The van der Waals surface area contributed by atoms with Crippen molar-refractivity contribution in [1.29, 1.82) is 5.41 Å². The number of nitrogens with zero attached hydrogens (tertiary/aromatic N) is 5. The van der Waals surface area contributed by atoms with E-state index in [2.05, 4.69) is 25.4 Å². The number of amides is 2. The van der Waals surface area contributed by atoms with Gasteiger partial charge in [0.15, 0.2) is 5.82 Å². The number of piperidine rings is 1. The molecule has 2 heterocycles. The fraction of sp³-hybridized carbons (Fsp3) is 0.435. The number of rotatable bonds is 6. The highest BCUT2D eigenvalue weighted by Gasteiger charge is 2.27. The zero-order chi connectivity index (χ0) is 23.3. The fourth-order valence-corrected chi connectivity index (χ4v) is 3.93. The molecular weight excluding hydrogens is 409 g/mol. The summed E-state index contributed by atoms with van der Waals surface area (Å²) in [5, 5.41) is 19.1. The number of carbonyl (C=O) groups excluding carboxylic acids is 1. The minimum absolute atomic E-state index is 0.103. The van der Waals surface area contributed by atoms with Crippen molar-refractivity contribution in [2.24, 2.45) is 4.99 Å². The first-order chi connectivity index (χ1) is 15.3. The van der Waals surface area contributed by atoms with Gasteiger partial charge in [0.1, 0.15) is 11.5 Å². The van der Waals surface area contributed by atoms with Crippen molar-refractivity contribution in [3.05, 3.63) is 46.9 Å². The summed E-state index contributed by atoms with van der Waals surface area (Å²) in [7, 11) is 3.49. The zero-order valence-electron chi connectivity index (χ0n) is 19.0. The summed E-state index contributed by atoms with van der Waals surface area (Å²) in [5.41, 5.74) is 4.15. The van der Waals surface area contributed by atoms with Crippen LogP contribution in [0.3, 0.4) is 0 Å². The highest BCUT2D eigenvalue weighted by atomic mass is 19.1. The molecule has 2 amide bonds. The third-order valence-corrected chi connectivity index (χ3v) is 6.06. The van der Waals surface area contributed by atoms with Crippen LogP contribution in [0.4, 0.5) is 20.7 Å². The van der Waals surface area contributed by atoms with E-state index in [1.54, 1.807) is 31.1 Å². The Hall–Kier alpha value is -3.36. The predicted octanol–water partition coefficient (Wildman–Crippen LogP) is 3.82. The predicted molar refractivity (Wildman–Crippen MR) is 126 cm³/mol. The van der Waals surface area contributed by atoms with Gasteiger partial charge in [-0.25, -0.2) is 9.18 Å². The number of halogens is 1. The van der Waals surface area contributed by atoms with Crippen molar-refractivity contribution in [3.8, 4) is 0 Å². The first-order valence-electron chi connectivity index (χ1n) is 10.7. The highest BCUT2D eigenvalue weighted by Crippen LogP contribution is 2.26. The van der Waals surface area contributed by atoms with Crippen LogP contribution < -0.4 is 10.2 Å². The van der Waals surface area contributed by atoms with Crippen LogP contribution in [0.25, 0.3) is 0 Å². The molecule has 0 aliphatic carbocycles. The SMILES string of the molecule is CN=C(CC=N)c1nnc(N2CCC(N(C)C(=O)Nc3ccc(F)cc3)CC2)c(C)c1C. The molecule has 32 heavy (non-hydrogen) atoms. The average molecular weight is 440 g/mol. The number of hydrogen-bond donors (Lipinski definition) is 2. The van der Waals surface area contributed by atoms with Crippen LogP contribution in [0.2, 0.25) is 0 Å². The third-order valence-electron chi connectivity index (χ3n) is 6.06. The molecule has 1 aliphatic rings. The van der Waals surface area contributed by atoms with E-state index in [1.165, 1.54) is 18.3 Å². The Labute approximate surface area is 188 Å². The lowest BCUT2D eigenvalue weighted by atomic mass is 10.0. The van der Waals surface area contributed by atoms with Crippen LogP contribution >= 0.6 is 0 Å². The average Bonchev–Trinajstić information content (AvgIpc) is 2.80. The van der Waals surface area contributed by atoms with Gasteiger partial charge in [-0.15, -0.1) is 10.2 Å². The number of nitrogens with one attached hydrogen (secondary N) is 2. The number of carbonyl (C=O) groups is 1. The van der Waals surface area contributed by atoms with Crippen LogP contribution in [0.15, 0.2) is 29.3 Å². The van der Waals surface area contributed by atoms with Crippen LogP contribution in [0, 0.1) is 25.1 Å². The lowest BCUT2D eigenvalue weighted by Gasteiger charge is -2.37. The first-order valence-corrected chi connectivity index (χ1v) is 10.7. The molecule has 0 saturated carbocycles. The van der Waals surface area contributed by atoms with Crippen molar-refractivity contribution < 1.29 is 9.18 Å². The molecule has 1 aromatic heterocycles. The zero-order valence-corrected chi connectivity index (χ0v) is 19.0. The van der Waals surface area contributed by atoms with Gasteiger partial charge in [-0.3, -0.25) is 4.99 Å². The summed E-state index contributed by atoms with van der Waals surface area (Å²) in [6.45, 7) is 5.58. The summed E-state index contributed by atoms with van der Waals surface area (Å²) in [6.07, 6.45) is 3.37. The Morgan fingerprint density at radius 3 is 2.50 bits per heavy atom. The van der Waals surface area contributed by atoms with Crippen molar-refractivity contribution >= 4 is 29.5 Å². The van der Waals surface area contributed by atoms with Gasteiger partial charge in [-0.2, -0.15) is 0 Å². The molecule has 1 fully saturated rings. The maximum Gasteiger partial charge on any atom is 0.321 e. The van der Waals surface area contributed by atoms with Crippen molar-refractivity contribution in [2.75, 3.05) is 37.4 Å². The van der Waals surface area contributed by atoms with Gasteiger partial charge in [0.25, 0.3) is 0 Å². The van der Waals surface area contributed by atoms with Crippen molar-refractivity contribution in [2.45, 2.75) is 39.2 Å². The van der Waals surface area contributed by atoms with Crippen molar-refractivity contribution in [1.82, 2.24) is 15.1 Å². The van der Waals surface area contributed by atoms with Gasteiger partial charge in [-0.05, 0) is 62.1 Å². The van der Waals surface area contributed by atoms with Gasteiger partial charge in [0.05, 0.1) is 5.71 Å². The van der Waals surface area contributed by atoms with Crippen LogP contribution in [-0.2, 0) is 0 Å². The van der Waals surface area contributed by atoms with Gasteiger partial charge in [0.2, 0.25) is 0 Å². The summed E-state index contributed by atoms with van der Waals surface area (Å²) >= 11 is 0. The van der Waals surface area contributed by atoms with E-state index in [4.69, 9.17) is 5.41 Å². The summed E-state index contributed by atoms with van der Waals surface area (Å²) < 4.78 is 13.1. The number of anilines is 2. The topological polar surface area (TPSA) is 97.6 Å². The Kier molecular flexibility index (Phi) is 7.50. The molecule has 0 spiro atoms. The standard InChI is InChI=1S/C23H30FN7O/c1-15-16(2)22(29-28-21(15)20(26-3)9-12-25)31-13-10-19(11-14-31)30(4)23(32)27-18-7-5-17(24)6-8-18/h5-8,12,19,25H,9-11,13-14H2,1-4H3,(H,27,32). The van der Waals surface area contributed by atoms with Gasteiger partial charge in [-0.1, -0.05) is 0 Å². The molecule has 1 saturated heterocycles. The summed E-state index contributed by atoms with van der Waals surface area (Å²) in [6, 6.07) is 5.65. The molecule has 2 N–H and O–H groups in total. The van der Waals surface area contributed by atoms with E-state index in [1.807, 2.05) is 13.8 Å². The van der Waals surface area contributed by atoms with Gasteiger partial charge >= 0.3 is 6.03 Å². The Morgan fingerprint density at radius 2 is 1.91 bits per heavy atom. The maximum absolute atomic E-state index is 13.1. The fourth-order valence-electron chi connectivity index (χ4n) is 3.93. The Balaban J connectivity index is 1.63. The van der Waals surface area contributed by atoms with Crippen molar-refractivity contribution in [3.63, 3.8) is 0 Å². The van der Waals surface area contributed by atoms with Crippen LogP contribution in [0.1, 0.15) is 36.1 Å². The largest absolute Gasteiger partial charge is 0.355 e. The van der Waals surface area contributed by atoms with E-state index in [0.29, 0.717) is 12.1 Å². The normalized spacial score (nSPS) is 14.9. The number of aromatic nitrogens is 2. The smallest absolute Gasteiger partial charge is 0.321 e. The lowest BCUT2D eigenvalue weighted by molar-refractivity contribution is 0.193. The van der Waals surface area contributed by atoms with E-state index < -0.39 is 0 Å². The van der Waals surface area contributed by atoms with Crippen LogP contribution in [0.5, 0.6) is 0 Å². The molecule has 0 unspecified atom stereocenters. The number of hydrogen-bond acceptors (Lipinski definition) is 6.